The van der Waals surface area contributed by atoms with Gasteiger partial charge < -0.3 is 5.32 Å². The number of hydrogen-bond donors (Lipinski definition) is 1. The minimum absolute atomic E-state index is 0.559. The standard InChI is InChI=1S/C10H14N2.C9H12N2/c1-12-7-3-5-10(12)9-4-2-6-11-8-9;1-3-8(7-10-5-1)9-4-2-6-11-9/h2,4,6,8,10H,3,5,7H2,1H3;1,3,5,7,9,11H,2,4,6H2/t10-;/m0./s1. The Morgan fingerprint density at radius 2 is 1.74 bits per heavy atom. The topological polar surface area (TPSA) is 41.1 Å². The van der Waals surface area contributed by atoms with Crippen LogP contribution in [0.4, 0.5) is 0 Å². The zero-order chi connectivity index (χ0) is 15.9. The lowest BCUT2D eigenvalue weighted by Gasteiger charge is -2.18. The van der Waals surface area contributed by atoms with Crippen molar-refractivity contribution in [2.75, 3.05) is 20.1 Å². The quantitative estimate of drug-likeness (QED) is 0.923. The van der Waals surface area contributed by atoms with E-state index in [2.05, 4.69) is 39.4 Å². The summed E-state index contributed by atoms with van der Waals surface area (Å²) in [5.41, 5.74) is 2.68. The van der Waals surface area contributed by atoms with Gasteiger partial charge in [-0.3, -0.25) is 14.9 Å². The zero-order valence-corrected chi connectivity index (χ0v) is 13.9. The Hall–Kier alpha value is -1.78. The number of rotatable bonds is 2. The van der Waals surface area contributed by atoms with Gasteiger partial charge in [-0.2, -0.15) is 0 Å². The van der Waals surface area contributed by atoms with Gasteiger partial charge in [-0.05, 0) is 69.1 Å². The molecular formula is C19H26N4. The second-order valence-corrected chi connectivity index (χ2v) is 6.36. The van der Waals surface area contributed by atoms with E-state index in [9.17, 15) is 0 Å². The van der Waals surface area contributed by atoms with Crippen molar-refractivity contribution in [1.29, 1.82) is 0 Å². The predicted octanol–water partition coefficient (Wildman–Crippen LogP) is 3.35. The van der Waals surface area contributed by atoms with Gasteiger partial charge in [0.1, 0.15) is 0 Å². The van der Waals surface area contributed by atoms with E-state index in [1.807, 2.05) is 36.9 Å². The van der Waals surface area contributed by atoms with Gasteiger partial charge in [-0.15, -0.1) is 0 Å². The molecule has 2 fully saturated rings. The highest BCUT2D eigenvalue weighted by Crippen LogP contribution is 2.29. The lowest BCUT2D eigenvalue weighted by Crippen LogP contribution is -2.17. The molecule has 1 N–H and O–H groups in total. The first-order valence-electron chi connectivity index (χ1n) is 8.58. The lowest BCUT2D eigenvalue weighted by atomic mass is 10.1. The third-order valence-corrected chi connectivity index (χ3v) is 4.74. The van der Waals surface area contributed by atoms with Crippen LogP contribution in [-0.2, 0) is 0 Å². The summed E-state index contributed by atoms with van der Waals surface area (Å²) in [4.78, 5) is 10.6. The van der Waals surface area contributed by atoms with Crippen molar-refractivity contribution in [2.24, 2.45) is 0 Å². The van der Waals surface area contributed by atoms with Gasteiger partial charge in [0.2, 0.25) is 0 Å². The molecule has 2 aliphatic rings. The molecule has 0 radical (unpaired) electrons. The Kier molecular flexibility index (Phi) is 5.72. The normalized spacial score (nSPS) is 24.2. The van der Waals surface area contributed by atoms with Crippen LogP contribution in [0, 0.1) is 0 Å². The molecule has 2 aromatic heterocycles. The molecule has 0 bridgehead atoms. The van der Waals surface area contributed by atoms with E-state index in [1.54, 1.807) is 0 Å². The molecular weight excluding hydrogens is 284 g/mol. The van der Waals surface area contributed by atoms with Gasteiger partial charge in [-0.1, -0.05) is 12.1 Å². The van der Waals surface area contributed by atoms with Gasteiger partial charge in [0.05, 0.1) is 0 Å². The molecule has 122 valence electrons. The average Bonchev–Trinajstić information content (AvgIpc) is 3.29. The van der Waals surface area contributed by atoms with E-state index in [0.29, 0.717) is 12.1 Å². The molecule has 0 saturated carbocycles. The molecule has 4 rings (SSSR count). The lowest BCUT2D eigenvalue weighted by molar-refractivity contribution is 0.317. The van der Waals surface area contributed by atoms with Crippen LogP contribution in [0.5, 0.6) is 0 Å². The molecule has 2 atom stereocenters. The molecule has 4 nitrogen and oxygen atoms in total. The maximum Gasteiger partial charge on any atom is 0.0360 e. The van der Waals surface area contributed by atoms with Crippen LogP contribution in [-0.4, -0.2) is 35.0 Å². The van der Waals surface area contributed by atoms with E-state index >= 15 is 0 Å². The van der Waals surface area contributed by atoms with E-state index in [0.717, 1.165) is 6.54 Å². The molecule has 0 amide bonds. The Balaban J connectivity index is 0.000000136. The molecule has 2 aliphatic heterocycles. The number of pyridine rings is 2. The monoisotopic (exact) mass is 310 g/mol. The van der Waals surface area contributed by atoms with Crippen molar-refractivity contribution in [3.05, 3.63) is 60.2 Å². The summed E-state index contributed by atoms with van der Waals surface area (Å²) in [6, 6.07) is 9.48. The summed E-state index contributed by atoms with van der Waals surface area (Å²) >= 11 is 0. The van der Waals surface area contributed by atoms with Crippen molar-refractivity contribution < 1.29 is 0 Å². The maximum atomic E-state index is 4.14. The minimum Gasteiger partial charge on any atom is -0.310 e. The zero-order valence-electron chi connectivity index (χ0n) is 13.9. The second-order valence-electron chi connectivity index (χ2n) is 6.36. The molecule has 23 heavy (non-hydrogen) atoms. The van der Waals surface area contributed by atoms with Crippen molar-refractivity contribution in [1.82, 2.24) is 20.2 Å². The Bertz CT molecular complexity index is 566. The van der Waals surface area contributed by atoms with Crippen LogP contribution in [0.25, 0.3) is 0 Å². The Labute approximate surface area is 139 Å². The van der Waals surface area contributed by atoms with E-state index in [1.165, 1.54) is 43.4 Å². The van der Waals surface area contributed by atoms with Crippen molar-refractivity contribution in [2.45, 2.75) is 37.8 Å². The van der Waals surface area contributed by atoms with E-state index in [4.69, 9.17) is 0 Å². The molecule has 1 unspecified atom stereocenters. The van der Waals surface area contributed by atoms with Gasteiger partial charge in [0.25, 0.3) is 0 Å². The van der Waals surface area contributed by atoms with Crippen molar-refractivity contribution >= 4 is 0 Å². The highest BCUT2D eigenvalue weighted by molar-refractivity contribution is 5.15. The number of nitrogens with zero attached hydrogens (tertiary/aromatic N) is 3. The van der Waals surface area contributed by atoms with Gasteiger partial charge >= 0.3 is 0 Å². The van der Waals surface area contributed by atoms with Crippen LogP contribution in [0.2, 0.25) is 0 Å². The van der Waals surface area contributed by atoms with Crippen LogP contribution < -0.4 is 5.32 Å². The fraction of sp³-hybridized carbons (Fsp3) is 0.474. The molecule has 2 saturated heterocycles. The summed E-state index contributed by atoms with van der Waals surface area (Å²) in [5, 5.41) is 3.43. The number of hydrogen-bond acceptors (Lipinski definition) is 4. The van der Waals surface area contributed by atoms with E-state index < -0.39 is 0 Å². The SMILES string of the molecule is CN1CCC[C@H]1c1cccnc1.c1cncc(C2CCCN2)c1. The third kappa shape index (κ3) is 4.36. The maximum absolute atomic E-state index is 4.14. The molecule has 0 spiro atoms. The van der Waals surface area contributed by atoms with Crippen LogP contribution in [0.3, 0.4) is 0 Å². The van der Waals surface area contributed by atoms with Gasteiger partial charge in [0.15, 0.2) is 0 Å². The molecule has 0 aliphatic carbocycles. The number of likely N-dealkylation sites (tertiary alicyclic amines) is 1. The van der Waals surface area contributed by atoms with Crippen molar-refractivity contribution in [3.8, 4) is 0 Å². The summed E-state index contributed by atoms with van der Waals surface area (Å²) < 4.78 is 0. The first-order chi connectivity index (χ1) is 11.3. The number of aromatic nitrogens is 2. The Morgan fingerprint density at radius 1 is 1.00 bits per heavy atom. The second kappa shape index (κ2) is 8.18. The summed E-state index contributed by atoms with van der Waals surface area (Å²) in [5.74, 6) is 0. The number of nitrogens with one attached hydrogen (secondary N) is 1. The molecule has 0 aromatic carbocycles. The first-order valence-corrected chi connectivity index (χ1v) is 8.58. The van der Waals surface area contributed by atoms with Crippen LogP contribution in [0.1, 0.15) is 48.9 Å². The summed E-state index contributed by atoms with van der Waals surface area (Å²) in [7, 11) is 2.19. The highest BCUT2D eigenvalue weighted by atomic mass is 15.1. The third-order valence-electron chi connectivity index (χ3n) is 4.74. The molecule has 4 heteroatoms. The van der Waals surface area contributed by atoms with E-state index in [-0.39, 0.29) is 0 Å². The average molecular weight is 310 g/mol. The summed E-state index contributed by atoms with van der Waals surface area (Å²) in [6.45, 7) is 2.37. The fourth-order valence-corrected chi connectivity index (χ4v) is 3.46. The first kappa shape index (κ1) is 16.1. The van der Waals surface area contributed by atoms with Gasteiger partial charge in [-0.25, -0.2) is 0 Å². The Morgan fingerprint density at radius 3 is 2.26 bits per heavy atom. The van der Waals surface area contributed by atoms with Crippen LogP contribution in [0.15, 0.2) is 49.1 Å². The molecule has 2 aromatic rings. The summed E-state index contributed by atoms with van der Waals surface area (Å²) in [6.07, 6.45) is 12.7. The predicted molar refractivity (Wildman–Crippen MR) is 93.1 cm³/mol. The van der Waals surface area contributed by atoms with Gasteiger partial charge in [0, 0.05) is 36.9 Å². The van der Waals surface area contributed by atoms with Crippen LogP contribution >= 0.6 is 0 Å². The fourth-order valence-electron chi connectivity index (χ4n) is 3.46. The minimum atomic E-state index is 0.559. The van der Waals surface area contributed by atoms with Crippen molar-refractivity contribution in [3.63, 3.8) is 0 Å². The molecule has 4 heterocycles. The largest absolute Gasteiger partial charge is 0.310 e. The highest BCUT2D eigenvalue weighted by Gasteiger charge is 2.22. The smallest absolute Gasteiger partial charge is 0.0360 e.